The van der Waals surface area contributed by atoms with Crippen LogP contribution in [0, 0.1) is 0 Å². The molecule has 0 atom stereocenters. The van der Waals surface area contributed by atoms with E-state index in [1.807, 2.05) is 0 Å². The summed E-state index contributed by atoms with van der Waals surface area (Å²) >= 11 is 0. The average Bonchev–Trinajstić information content (AvgIpc) is 1.98. The van der Waals surface area contributed by atoms with Crippen molar-refractivity contribution >= 4 is 5.97 Å². The van der Waals surface area contributed by atoms with Gasteiger partial charge >= 0.3 is 12.6 Å². The van der Waals surface area contributed by atoms with E-state index in [0.717, 1.165) is 12.2 Å². The summed E-state index contributed by atoms with van der Waals surface area (Å²) < 4.78 is 26.9. The van der Waals surface area contributed by atoms with E-state index in [4.69, 9.17) is 5.11 Å². The molecule has 72 valence electrons. The lowest BCUT2D eigenvalue weighted by Gasteiger charge is -2.03. The molecule has 0 rings (SSSR count). The van der Waals surface area contributed by atoms with Gasteiger partial charge in [0, 0.05) is 0 Å². The zero-order chi connectivity index (χ0) is 10.4. The molecule has 0 saturated carbocycles. The van der Waals surface area contributed by atoms with E-state index in [9.17, 15) is 13.6 Å². The van der Waals surface area contributed by atoms with Crippen molar-refractivity contribution < 1.29 is 23.4 Å². The van der Waals surface area contributed by atoms with Crippen molar-refractivity contribution in [3.63, 3.8) is 0 Å². The number of carboxylic acids is 1. The zero-order valence-corrected chi connectivity index (χ0v) is 6.67. The third-order valence-corrected chi connectivity index (χ3v) is 1.02. The van der Waals surface area contributed by atoms with Crippen molar-refractivity contribution in [3.05, 3.63) is 36.6 Å². The van der Waals surface area contributed by atoms with E-state index in [-0.39, 0.29) is 5.57 Å². The second-order valence-corrected chi connectivity index (χ2v) is 1.95. The summed E-state index contributed by atoms with van der Waals surface area (Å²) in [6.07, 6.45) is 1.86. The Morgan fingerprint density at radius 2 is 2.08 bits per heavy atom. The number of carbonyl (C=O) groups is 1. The molecular weight excluding hydrogens is 182 g/mol. The molecule has 13 heavy (non-hydrogen) atoms. The molecule has 0 saturated heterocycles. The Morgan fingerprint density at radius 3 is 2.38 bits per heavy atom. The van der Waals surface area contributed by atoms with E-state index in [2.05, 4.69) is 17.9 Å². The van der Waals surface area contributed by atoms with Crippen LogP contribution in [0.5, 0.6) is 0 Å². The first kappa shape index (κ1) is 11.4. The Kier molecular flexibility index (Phi) is 4.43. The summed E-state index contributed by atoms with van der Waals surface area (Å²) in [5.41, 5.74) is -0.259. The minimum absolute atomic E-state index is 0.259. The van der Waals surface area contributed by atoms with Crippen LogP contribution in [-0.4, -0.2) is 17.7 Å². The lowest BCUT2D eigenvalue weighted by atomic mass is 10.2. The monoisotopic (exact) mass is 190 g/mol. The minimum Gasteiger partial charge on any atom is -0.478 e. The first-order valence-corrected chi connectivity index (χ1v) is 3.18. The van der Waals surface area contributed by atoms with Gasteiger partial charge in [-0.1, -0.05) is 19.2 Å². The molecule has 0 amide bonds. The van der Waals surface area contributed by atoms with Crippen molar-refractivity contribution in [1.82, 2.24) is 0 Å². The smallest absolute Gasteiger partial charge is 0.387 e. The van der Waals surface area contributed by atoms with Gasteiger partial charge in [0.05, 0.1) is 5.57 Å². The van der Waals surface area contributed by atoms with Gasteiger partial charge in [-0.15, -0.1) is 0 Å². The number of allylic oxidation sites excluding steroid dienone is 1. The van der Waals surface area contributed by atoms with Crippen LogP contribution in [0.2, 0.25) is 0 Å². The Labute approximate surface area is 73.6 Å². The highest BCUT2D eigenvalue weighted by Gasteiger charge is 2.06. The Balaban J connectivity index is 4.43. The average molecular weight is 190 g/mol. The zero-order valence-electron chi connectivity index (χ0n) is 6.67. The van der Waals surface area contributed by atoms with Crippen LogP contribution >= 0.6 is 0 Å². The van der Waals surface area contributed by atoms with Gasteiger partial charge in [-0.3, -0.25) is 0 Å². The first-order valence-electron chi connectivity index (χ1n) is 3.18. The molecule has 0 heterocycles. The maximum absolute atomic E-state index is 11.6. The molecule has 0 aromatic rings. The molecule has 0 aliphatic carbocycles. The minimum atomic E-state index is -3.01. The highest BCUT2D eigenvalue weighted by atomic mass is 19.3. The highest BCUT2D eigenvalue weighted by molar-refractivity contribution is 5.90. The van der Waals surface area contributed by atoms with Crippen molar-refractivity contribution in [2.75, 3.05) is 0 Å². The summed E-state index contributed by atoms with van der Waals surface area (Å²) in [5.74, 6) is -1.71. The van der Waals surface area contributed by atoms with Crippen LogP contribution < -0.4 is 0 Å². The number of rotatable bonds is 5. The van der Waals surface area contributed by atoms with E-state index in [1.165, 1.54) is 0 Å². The number of halogens is 2. The molecular formula is C8H8F2O3. The topological polar surface area (TPSA) is 46.5 Å². The Hall–Kier alpha value is -1.65. The normalized spacial score (nSPS) is 11.2. The number of alkyl halides is 2. The third-order valence-electron chi connectivity index (χ3n) is 1.02. The van der Waals surface area contributed by atoms with Gasteiger partial charge in [0.25, 0.3) is 0 Å². The molecule has 0 spiro atoms. The molecule has 0 bridgehead atoms. The molecule has 0 aliphatic heterocycles. The molecule has 0 aliphatic rings. The predicted octanol–water partition coefficient (Wildman–Crippen LogP) is 1.94. The Bertz CT molecular complexity index is 256. The van der Waals surface area contributed by atoms with Crippen LogP contribution in [0.4, 0.5) is 8.78 Å². The molecule has 0 aromatic carbocycles. The molecule has 0 fully saturated rings. The van der Waals surface area contributed by atoms with Crippen molar-refractivity contribution in [2.24, 2.45) is 0 Å². The van der Waals surface area contributed by atoms with Gasteiger partial charge in [0.2, 0.25) is 0 Å². The lowest BCUT2D eigenvalue weighted by molar-refractivity contribution is -0.132. The van der Waals surface area contributed by atoms with Gasteiger partial charge in [0.1, 0.15) is 5.76 Å². The standard InChI is InChI=1S/C8H8F2O3/c1-3-6(7(11)12)4-5(2)13-8(9)10/h3-4,8H,1-2H2,(H,11,12). The van der Waals surface area contributed by atoms with Gasteiger partial charge < -0.3 is 9.84 Å². The summed E-state index contributed by atoms with van der Waals surface area (Å²) in [5, 5.41) is 8.43. The van der Waals surface area contributed by atoms with E-state index in [0.29, 0.717) is 0 Å². The first-order chi connectivity index (χ1) is 5.97. The highest BCUT2D eigenvalue weighted by Crippen LogP contribution is 2.08. The van der Waals surface area contributed by atoms with Gasteiger partial charge in [0.15, 0.2) is 0 Å². The van der Waals surface area contributed by atoms with Crippen LogP contribution in [0.3, 0.4) is 0 Å². The van der Waals surface area contributed by atoms with Gasteiger partial charge in [-0.25, -0.2) is 4.79 Å². The number of hydrogen-bond donors (Lipinski definition) is 1. The summed E-state index contributed by atoms with van der Waals surface area (Å²) in [6.45, 7) is 3.25. The Morgan fingerprint density at radius 1 is 1.54 bits per heavy atom. The van der Waals surface area contributed by atoms with E-state index in [1.54, 1.807) is 0 Å². The van der Waals surface area contributed by atoms with Gasteiger partial charge in [-0.05, 0) is 6.08 Å². The third kappa shape index (κ3) is 4.73. The SMILES string of the molecule is C=CC(=CC(=C)OC(F)F)C(=O)O. The lowest BCUT2D eigenvalue weighted by Crippen LogP contribution is -2.01. The number of carboxylic acid groups (broad SMARTS) is 1. The van der Waals surface area contributed by atoms with Crippen molar-refractivity contribution in [3.8, 4) is 0 Å². The van der Waals surface area contributed by atoms with Crippen LogP contribution in [0.25, 0.3) is 0 Å². The molecule has 3 nitrogen and oxygen atoms in total. The second-order valence-electron chi connectivity index (χ2n) is 1.95. The van der Waals surface area contributed by atoms with E-state index >= 15 is 0 Å². The maximum Gasteiger partial charge on any atom is 0.387 e. The van der Waals surface area contributed by atoms with Crippen LogP contribution in [0.15, 0.2) is 36.6 Å². The second kappa shape index (κ2) is 5.08. The molecule has 0 radical (unpaired) electrons. The van der Waals surface area contributed by atoms with Crippen molar-refractivity contribution in [1.29, 1.82) is 0 Å². The van der Waals surface area contributed by atoms with Gasteiger partial charge in [-0.2, -0.15) is 8.78 Å². The fraction of sp³-hybridized carbons (Fsp3) is 0.125. The molecule has 5 heteroatoms. The molecule has 1 N–H and O–H groups in total. The van der Waals surface area contributed by atoms with Crippen molar-refractivity contribution in [2.45, 2.75) is 6.61 Å². The number of aliphatic carboxylic acids is 1. The quantitative estimate of drug-likeness (QED) is 0.409. The fourth-order valence-electron chi connectivity index (χ4n) is 0.530. The van der Waals surface area contributed by atoms with Crippen LogP contribution in [-0.2, 0) is 9.53 Å². The van der Waals surface area contributed by atoms with Crippen LogP contribution in [0.1, 0.15) is 0 Å². The summed E-state index contributed by atoms with van der Waals surface area (Å²) in [4.78, 5) is 10.3. The molecule has 0 unspecified atom stereocenters. The number of ether oxygens (including phenoxy) is 1. The fourth-order valence-corrected chi connectivity index (χ4v) is 0.530. The molecule has 0 aromatic heterocycles. The maximum atomic E-state index is 11.6. The predicted molar refractivity (Wildman–Crippen MR) is 42.1 cm³/mol. The number of hydrogen-bond acceptors (Lipinski definition) is 2. The summed E-state index contributed by atoms with van der Waals surface area (Å²) in [6, 6.07) is 0. The van der Waals surface area contributed by atoms with E-state index < -0.39 is 18.3 Å². The largest absolute Gasteiger partial charge is 0.478 e. The summed E-state index contributed by atoms with van der Waals surface area (Å²) in [7, 11) is 0.